The molecule has 7 rings (SSSR count). The molecule has 0 bridgehead atoms. The van der Waals surface area contributed by atoms with Gasteiger partial charge >= 0.3 is 7.12 Å². The van der Waals surface area contributed by atoms with Crippen LogP contribution < -0.4 is 15.3 Å². The first-order chi connectivity index (χ1) is 25.9. The molecule has 3 aliphatic rings. The summed E-state index contributed by atoms with van der Waals surface area (Å²) in [5, 5.41) is 22.9. The van der Waals surface area contributed by atoms with Crippen LogP contribution in [0.1, 0.15) is 52.5 Å². The zero-order valence-electron chi connectivity index (χ0n) is 31.2. The Morgan fingerprint density at radius 3 is 2.13 bits per heavy atom. The molecule has 7 nitrogen and oxygen atoms in total. The van der Waals surface area contributed by atoms with Crippen LogP contribution >= 0.6 is 0 Å². The zero-order valence-corrected chi connectivity index (χ0v) is 32.2. The largest absolute Gasteiger partial charge is 0.505 e. The molecule has 4 aromatic carbocycles. The van der Waals surface area contributed by atoms with Gasteiger partial charge in [0.05, 0.1) is 30.2 Å². The quantitative estimate of drug-likeness (QED) is 0.101. The van der Waals surface area contributed by atoms with Gasteiger partial charge < -0.3 is 19.2 Å². The summed E-state index contributed by atoms with van der Waals surface area (Å²) in [6.45, 7) is 8.88. The number of para-hydroxylation sites is 1. The summed E-state index contributed by atoms with van der Waals surface area (Å²) in [5.41, 5.74) is 4.02. The van der Waals surface area contributed by atoms with Gasteiger partial charge in [-0.3, -0.25) is 14.5 Å². The van der Waals surface area contributed by atoms with Crippen LogP contribution in [0.15, 0.2) is 126 Å². The fourth-order valence-corrected chi connectivity index (χ4v) is 13.6. The van der Waals surface area contributed by atoms with Crippen LogP contribution in [0.4, 0.5) is 10.1 Å². The van der Waals surface area contributed by atoms with Crippen LogP contribution in [0, 0.1) is 23.6 Å². The highest BCUT2D eigenvalue weighted by molar-refractivity contribution is 6.99. The van der Waals surface area contributed by atoms with Crippen LogP contribution in [0.3, 0.4) is 0 Å². The number of phenolic OH excluding ortho intramolecular Hbond substituents is 1. The number of halogens is 1. The number of anilines is 1. The lowest BCUT2D eigenvalue weighted by Gasteiger charge is -2.46. The van der Waals surface area contributed by atoms with Gasteiger partial charge in [-0.15, -0.1) is 0 Å². The highest BCUT2D eigenvalue weighted by atomic mass is 28.4. The van der Waals surface area contributed by atoms with Crippen molar-refractivity contribution in [3.05, 3.63) is 137 Å². The minimum Gasteiger partial charge on any atom is -0.505 e. The van der Waals surface area contributed by atoms with Gasteiger partial charge in [-0.2, -0.15) is 0 Å². The third kappa shape index (κ3) is 7.04. The average Bonchev–Trinajstić information content (AvgIpc) is 3.41. The lowest BCUT2D eigenvalue weighted by atomic mass is 9.58. The van der Waals surface area contributed by atoms with Crippen molar-refractivity contribution in [2.75, 3.05) is 11.5 Å². The van der Waals surface area contributed by atoms with Gasteiger partial charge in [0.2, 0.25) is 11.8 Å². The van der Waals surface area contributed by atoms with Crippen LogP contribution in [0.25, 0.3) is 6.08 Å². The van der Waals surface area contributed by atoms with Crippen molar-refractivity contribution in [1.29, 1.82) is 0 Å². The van der Waals surface area contributed by atoms with Crippen LogP contribution in [0.2, 0.25) is 11.4 Å². The van der Waals surface area contributed by atoms with E-state index in [0.29, 0.717) is 30.5 Å². The van der Waals surface area contributed by atoms with Crippen molar-refractivity contribution in [3.8, 4) is 5.75 Å². The van der Waals surface area contributed by atoms with Crippen molar-refractivity contribution in [2.45, 2.75) is 64.4 Å². The van der Waals surface area contributed by atoms with Crippen molar-refractivity contribution < 1.29 is 33.2 Å². The third-order valence-electron chi connectivity index (χ3n) is 11.4. The van der Waals surface area contributed by atoms with E-state index in [1.807, 2.05) is 67.6 Å². The van der Waals surface area contributed by atoms with Gasteiger partial charge in [0, 0.05) is 0 Å². The molecular weight excluding hydrogens is 696 g/mol. The second-order valence-corrected chi connectivity index (χ2v) is 20.2. The minimum atomic E-state index is -2.99. The molecule has 278 valence electrons. The SMILES string of the molecule is C/C(=C\c1ccc(O)c(F)c1)CC[C@H]1OB(O)C[C@H]2C1=C(CO[Si](c1ccccc1)(c1ccccc1)C(C)(C)C)C[C@H]1C(=O)N(c3ccccc3)C(=O)[C@H]12. The summed E-state index contributed by atoms with van der Waals surface area (Å²) >= 11 is 0. The number of allylic oxidation sites excluding steroid dienone is 1. The molecular formula is C44H47BFNO6Si. The molecule has 2 N–H and O–H groups in total. The number of fused-ring (bicyclic) bond motifs is 3. The number of rotatable bonds is 10. The zero-order chi connectivity index (χ0) is 38.2. The number of aromatic hydroxyl groups is 1. The Labute approximate surface area is 318 Å². The standard InChI is InChI=1S/C44H47BFNO6Si/c1-29(24-30-21-22-38(48)37(46)25-30)20-23-39-40-31(28-52-54(44(2,3)4,33-16-10-6-11-17-33)34-18-12-7-13-19-34)26-35-41(36(40)27-45(51)53-39)43(50)47(42(35)49)32-14-8-5-9-15-32/h5-19,21-22,24-25,35-36,39,41,48,51H,20,23,26-28H2,1-4H3/b29-24+/t35-,36+,39-,41-/m1/s1. The summed E-state index contributed by atoms with van der Waals surface area (Å²) in [6.07, 6.45) is 2.94. The van der Waals surface area contributed by atoms with Crippen molar-refractivity contribution in [1.82, 2.24) is 0 Å². The van der Waals surface area contributed by atoms with E-state index < -0.39 is 50.9 Å². The third-order valence-corrected chi connectivity index (χ3v) is 16.4. The monoisotopic (exact) mass is 743 g/mol. The summed E-state index contributed by atoms with van der Waals surface area (Å²) in [5.74, 6) is -3.22. The number of benzene rings is 4. The number of carbonyl (C=O) groups is 2. The minimum absolute atomic E-state index is 0.193. The predicted molar refractivity (Wildman–Crippen MR) is 213 cm³/mol. The maximum atomic E-state index is 14.3. The molecule has 10 heteroatoms. The van der Waals surface area contributed by atoms with E-state index in [1.165, 1.54) is 17.0 Å². The first kappa shape index (κ1) is 37.7. The highest BCUT2D eigenvalue weighted by Crippen LogP contribution is 2.52. The smallest absolute Gasteiger partial charge is 0.455 e. The molecule has 4 aromatic rings. The van der Waals surface area contributed by atoms with Crippen molar-refractivity contribution in [2.24, 2.45) is 17.8 Å². The van der Waals surface area contributed by atoms with E-state index in [4.69, 9.17) is 9.08 Å². The van der Waals surface area contributed by atoms with E-state index in [2.05, 4.69) is 45.0 Å². The van der Waals surface area contributed by atoms with Gasteiger partial charge in [-0.25, -0.2) is 4.39 Å². The van der Waals surface area contributed by atoms with E-state index in [9.17, 15) is 24.1 Å². The molecule has 4 atom stereocenters. The van der Waals surface area contributed by atoms with Gasteiger partial charge in [-0.1, -0.05) is 117 Å². The normalized spacial score (nSPS) is 22.1. The highest BCUT2D eigenvalue weighted by Gasteiger charge is 2.58. The van der Waals surface area contributed by atoms with Gasteiger partial charge in [0.25, 0.3) is 8.32 Å². The first-order valence-corrected chi connectivity index (χ1v) is 20.7. The number of phenols is 1. The number of carbonyl (C=O) groups excluding carboxylic acids is 2. The summed E-state index contributed by atoms with van der Waals surface area (Å²) in [6, 6.07) is 34.2. The van der Waals surface area contributed by atoms with E-state index in [0.717, 1.165) is 27.1 Å². The fraction of sp³-hybridized carbons (Fsp3) is 0.318. The number of imide groups is 1. The predicted octanol–water partition coefficient (Wildman–Crippen LogP) is 7.29. The van der Waals surface area contributed by atoms with E-state index in [1.54, 1.807) is 18.2 Å². The van der Waals surface area contributed by atoms with Crippen molar-refractivity contribution in [3.63, 3.8) is 0 Å². The van der Waals surface area contributed by atoms with E-state index in [-0.39, 0.29) is 29.8 Å². The molecule has 0 radical (unpaired) electrons. The van der Waals surface area contributed by atoms with Crippen LogP contribution in [-0.2, 0) is 18.7 Å². The molecule has 0 spiro atoms. The second-order valence-electron chi connectivity index (χ2n) is 15.9. The fourth-order valence-electron chi connectivity index (χ4n) is 9.01. The van der Waals surface area contributed by atoms with Crippen molar-refractivity contribution >= 4 is 49.4 Å². The molecule has 0 aromatic heterocycles. The number of amides is 2. The Morgan fingerprint density at radius 1 is 0.926 bits per heavy atom. The Morgan fingerprint density at radius 2 is 1.54 bits per heavy atom. The Bertz CT molecular complexity index is 2030. The number of hydrogen-bond acceptors (Lipinski definition) is 6. The molecule has 54 heavy (non-hydrogen) atoms. The van der Waals surface area contributed by atoms with Crippen LogP contribution in [0.5, 0.6) is 5.75 Å². The molecule has 2 aliphatic heterocycles. The maximum absolute atomic E-state index is 14.3. The van der Waals surface area contributed by atoms with Gasteiger partial charge in [0.1, 0.15) is 0 Å². The van der Waals surface area contributed by atoms with Crippen LogP contribution in [-0.4, -0.2) is 50.1 Å². The average molecular weight is 744 g/mol. The summed E-state index contributed by atoms with van der Waals surface area (Å²) in [4.78, 5) is 30.0. The van der Waals surface area contributed by atoms with Gasteiger partial charge in [0.15, 0.2) is 11.6 Å². The Balaban J connectivity index is 1.30. The summed E-state index contributed by atoms with van der Waals surface area (Å²) in [7, 11) is -4.11. The van der Waals surface area contributed by atoms with E-state index >= 15 is 0 Å². The first-order valence-electron chi connectivity index (χ1n) is 18.8. The molecule has 2 fully saturated rings. The molecule has 2 amide bonds. The lowest BCUT2D eigenvalue weighted by molar-refractivity contribution is -0.122. The topological polar surface area (TPSA) is 96.3 Å². The number of hydrogen-bond donors (Lipinski definition) is 2. The molecule has 0 saturated carbocycles. The lowest BCUT2D eigenvalue weighted by Crippen LogP contribution is -2.66. The Kier molecular flexibility index (Phi) is 10.7. The Hall–Kier alpha value is -4.61. The molecule has 1 aliphatic carbocycles. The summed E-state index contributed by atoms with van der Waals surface area (Å²) < 4.78 is 27.9. The molecule has 0 unspecified atom stereocenters. The second kappa shape index (κ2) is 15.3. The number of nitrogens with zero attached hydrogens (tertiary/aromatic N) is 1. The molecule has 2 saturated heterocycles. The van der Waals surface area contributed by atoms with Gasteiger partial charge in [-0.05, 0) is 94.8 Å². The molecule has 2 heterocycles. The maximum Gasteiger partial charge on any atom is 0.455 e.